The third kappa shape index (κ3) is 8.98. The molecule has 0 heterocycles. The number of aliphatic imine (C=N–C) groups is 1. The lowest BCUT2D eigenvalue weighted by atomic mass is 10.2. The quantitative estimate of drug-likeness (QED) is 0.253. The maximum absolute atomic E-state index is 11.0. The fourth-order valence-corrected chi connectivity index (χ4v) is 1.75. The highest BCUT2D eigenvalue weighted by Gasteiger charge is 2.11. The average molecular weight is 305 g/mol. The van der Waals surface area contributed by atoms with Gasteiger partial charge in [-0.1, -0.05) is 6.92 Å². The van der Waals surface area contributed by atoms with Crippen LogP contribution in [0.1, 0.15) is 13.3 Å². The molecule has 0 aromatic heterocycles. The number of amidine groups is 1. The van der Waals surface area contributed by atoms with Gasteiger partial charge in [0.2, 0.25) is 6.41 Å². The van der Waals surface area contributed by atoms with Crippen molar-refractivity contribution in [1.29, 1.82) is 0 Å². The van der Waals surface area contributed by atoms with Gasteiger partial charge in [-0.3, -0.25) is 9.79 Å². The van der Waals surface area contributed by atoms with Crippen LogP contribution in [0.5, 0.6) is 0 Å². The van der Waals surface area contributed by atoms with Crippen molar-refractivity contribution in [2.45, 2.75) is 19.4 Å². The number of amides is 1. The van der Waals surface area contributed by atoms with Crippen molar-refractivity contribution in [2.75, 3.05) is 33.5 Å². The molecule has 2 unspecified atom stereocenters. The number of nitrogens with zero attached hydrogens (tertiary/aromatic N) is 2. The number of hydrogen-bond donors (Lipinski definition) is 2. The van der Waals surface area contributed by atoms with Crippen molar-refractivity contribution < 1.29 is 18.9 Å². The topological polar surface area (TPSA) is 97.4 Å². The normalized spacial score (nSPS) is 15.3. The Hall–Kier alpha value is -1.01. The van der Waals surface area contributed by atoms with Gasteiger partial charge in [0.25, 0.3) is 0 Å². The number of nitrogens with two attached hydrogens (primary N) is 1. The molecule has 20 heavy (non-hydrogen) atoms. The van der Waals surface area contributed by atoms with E-state index in [0.717, 1.165) is 6.42 Å². The Balaban J connectivity index is 4.23. The first-order valence-electron chi connectivity index (χ1n) is 6.30. The van der Waals surface area contributed by atoms with E-state index in [2.05, 4.69) is 4.99 Å². The molecule has 0 saturated heterocycles. The summed E-state index contributed by atoms with van der Waals surface area (Å²) in [5.41, 5.74) is 5.52. The van der Waals surface area contributed by atoms with Gasteiger partial charge in [0.05, 0.1) is 19.3 Å². The van der Waals surface area contributed by atoms with E-state index in [1.54, 1.807) is 19.3 Å². The summed E-state index contributed by atoms with van der Waals surface area (Å²) in [5, 5.41) is 0. The van der Waals surface area contributed by atoms with Gasteiger partial charge >= 0.3 is 0 Å². The second kappa shape index (κ2) is 11.8. The monoisotopic (exact) mass is 305 g/mol. The van der Waals surface area contributed by atoms with Gasteiger partial charge in [0, 0.05) is 26.5 Å². The molecule has 0 bridgehead atoms. The number of carbonyl (C=O) groups is 1. The van der Waals surface area contributed by atoms with E-state index in [0.29, 0.717) is 31.6 Å². The molecule has 3 N–H and O–H groups in total. The minimum atomic E-state index is -1.41. The molecule has 0 aliphatic carbocycles. The first kappa shape index (κ1) is 19.0. The highest BCUT2D eigenvalue weighted by Crippen LogP contribution is 2.28. The van der Waals surface area contributed by atoms with Gasteiger partial charge in [-0.2, -0.15) is 0 Å². The molecule has 0 rings (SSSR count). The number of ether oxygens (including phenoxy) is 1. The van der Waals surface area contributed by atoms with Crippen LogP contribution in [0.25, 0.3) is 0 Å². The molecular weight excluding hydrogens is 281 g/mol. The van der Waals surface area contributed by atoms with Crippen molar-refractivity contribution in [3.63, 3.8) is 0 Å². The Morgan fingerprint density at radius 2 is 2.30 bits per heavy atom. The first-order valence-corrected chi connectivity index (χ1v) is 7.70. The minimum Gasteiger partial charge on any atom is -0.384 e. The minimum absolute atomic E-state index is 0.107. The van der Waals surface area contributed by atoms with E-state index < -0.39 is 8.38 Å². The lowest BCUT2D eigenvalue weighted by Crippen LogP contribution is -2.30. The molecule has 0 fully saturated rings. The maximum atomic E-state index is 11.0. The van der Waals surface area contributed by atoms with E-state index in [1.807, 2.05) is 6.92 Å². The van der Waals surface area contributed by atoms with Crippen molar-refractivity contribution in [2.24, 2.45) is 10.7 Å². The molecule has 0 aliphatic heterocycles. The van der Waals surface area contributed by atoms with Crippen molar-refractivity contribution in [3.8, 4) is 0 Å². The fraction of sp³-hybridized carbons (Fsp3) is 0.667. The summed E-state index contributed by atoms with van der Waals surface area (Å²) in [6.45, 7) is 2.78. The zero-order valence-corrected chi connectivity index (χ0v) is 13.1. The summed E-state index contributed by atoms with van der Waals surface area (Å²) in [6, 6.07) is 0. The van der Waals surface area contributed by atoms with Crippen LogP contribution in [0.15, 0.2) is 17.3 Å². The summed E-state index contributed by atoms with van der Waals surface area (Å²) >= 11 is 0. The summed E-state index contributed by atoms with van der Waals surface area (Å²) in [4.78, 5) is 25.5. The largest absolute Gasteiger partial charge is 0.384 e. The van der Waals surface area contributed by atoms with Crippen molar-refractivity contribution in [3.05, 3.63) is 12.3 Å². The van der Waals surface area contributed by atoms with Crippen LogP contribution < -0.4 is 5.73 Å². The maximum Gasteiger partial charge on any atom is 0.213 e. The number of rotatable bonds is 11. The van der Waals surface area contributed by atoms with E-state index in [-0.39, 0.29) is 6.10 Å². The van der Waals surface area contributed by atoms with Gasteiger partial charge in [0.15, 0.2) is 8.38 Å². The van der Waals surface area contributed by atoms with Crippen LogP contribution in [-0.2, 0) is 14.1 Å². The van der Waals surface area contributed by atoms with Crippen LogP contribution in [0.2, 0.25) is 0 Å². The van der Waals surface area contributed by atoms with Gasteiger partial charge in [-0.05, 0) is 12.5 Å². The molecule has 2 atom stereocenters. The lowest BCUT2D eigenvalue weighted by Gasteiger charge is -2.21. The Morgan fingerprint density at radius 3 is 2.80 bits per heavy atom. The Kier molecular flexibility index (Phi) is 11.2. The number of carbonyl (C=O) groups excluding carboxylic acids is 1. The highest BCUT2D eigenvalue weighted by molar-refractivity contribution is 7.46. The molecule has 0 aromatic carbocycles. The third-order valence-corrected chi connectivity index (χ3v) is 3.53. The van der Waals surface area contributed by atoms with Gasteiger partial charge < -0.3 is 24.8 Å². The van der Waals surface area contributed by atoms with Crippen molar-refractivity contribution >= 4 is 20.6 Å². The van der Waals surface area contributed by atoms with E-state index in [1.165, 1.54) is 12.0 Å². The van der Waals surface area contributed by atoms with E-state index in [9.17, 15) is 9.69 Å². The average Bonchev–Trinajstić information content (AvgIpc) is 2.48. The molecule has 0 aliphatic rings. The molecule has 116 valence electrons. The SMILES string of the molecule is CCC(CN(C=O)/C=C\C(N)=NC)OCCP(O)OC. The Morgan fingerprint density at radius 1 is 1.60 bits per heavy atom. The molecule has 0 radical (unpaired) electrons. The van der Waals surface area contributed by atoms with Crippen LogP contribution in [0.3, 0.4) is 0 Å². The molecular formula is C12H24N3O4P. The summed E-state index contributed by atoms with van der Waals surface area (Å²) in [6.07, 6.45) is 4.93. The second-order valence-electron chi connectivity index (χ2n) is 3.93. The molecule has 0 saturated carbocycles. The summed E-state index contributed by atoms with van der Waals surface area (Å²) < 4.78 is 10.4. The van der Waals surface area contributed by atoms with Crippen LogP contribution in [-0.4, -0.2) is 61.6 Å². The lowest BCUT2D eigenvalue weighted by molar-refractivity contribution is -0.117. The standard InChI is InChI=1S/C12H24N3O4P/c1-4-11(19-7-8-20(17)18-3)9-15(10-16)6-5-12(13)14-2/h5-6,10-11,17H,4,7-9H2,1-3H3,(H2,13,14)/b6-5-. The highest BCUT2D eigenvalue weighted by atomic mass is 31.2. The van der Waals surface area contributed by atoms with Crippen LogP contribution >= 0.6 is 8.38 Å². The van der Waals surface area contributed by atoms with Gasteiger partial charge in [0.1, 0.15) is 5.84 Å². The number of hydrogen-bond acceptors (Lipinski definition) is 5. The smallest absolute Gasteiger partial charge is 0.213 e. The summed E-state index contributed by atoms with van der Waals surface area (Å²) in [7, 11) is 1.63. The predicted octanol–water partition coefficient (Wildman–Crippen LogP) is 0.691. The zero-order valence-electron chi connectivity index (χ0n) is 12.2. The molecule has 0 aromatic rings. The Bertz CT molecular complexity index is 326. The third-order valence-electron chi connectivity index (χ3n) is 2.55. The van der Waals surface area contributed by atoms with Crippen LogP contribution in [0.4, 0.5) is 0 Å². The van der Waals surface area contributed by atoms with Crippen LogP contribution in [0, 0.1) is 0 Å². The van der Waals surface area contributed by atoms with E-state index in [4.69, 9.17) is 15.0 Å². The zero-order chi connectivity index (χ0) is 15.4. The van der Waals surface area contributed by atoms with E-state index >= 15 is 0 Å². The van der Waals surface area contributed by atoms with Gasteiger partial charge in [-0.25, -0.2) is 0 Å². The second-order valence-corrected chi connectivity index (χ2v) is 5.44. The van der Waals surface area contributed by atoms with Crippen molar-refractivity contribution in [1.82, 2.24) is 4.90 Å². The first-order chi connectivity index (χ1) is 9.57. The molecule has 7 nitrogen and oxygen atoms in total. The molecule has 8 heteroatoms. The molecule has 0 spiro atoms. The molecule has 1 amide bonds. The Labute approximate surface area is 121 Å². The predicted molar refractivity (Wildman–Crippen MR) is 80.5 cm³/mol. The van der Waals surface area contributed by atoms with Gasteiger partial charge in [-0.15, -0.1) is 0 Å². The summed E-state index contributed by atoms with van der Waals surface area (Å²) in [5.74, 6) is 0.344. The fourth-order valence-electron chi connectivity index (χ4n) is 1.31.